The van der Waals surface area contributed by atoms with E-state index in [1.54, 1.807) is 13.2 Å². The SMILES string of the molecule is COCCOCCNc1cc(OC(C)C)cc([N+](=O)[O-])c1. The average Bonchev–Trinajstić information content (AvgIpc) is 2.41. The molecule has 0 spiro atoms. The molecule has 0 saturated heterocycles. The second-order valence-electron chi connectivity index (χ2n) is 4.67. The molecule has 7 nitrogen and oxygen atoms in total. The smallest absolute Gasteiger partial charge is 0.275 e. The molecule has 118 valence electrons. The van der Waals surface area contributed by atoms with Gasteiger partial charge in [-0.2, -0.15) is 0 Å². The highest BCUT2D eigenvalue weighted by Gasteiger charge is 2.11. The van der Waals surface area contributed by atoms with Crippen LogP contribution in [0, 0.1) is 10.1 Å². The Balaban J connectivity index is 2.59. The highest BCUT2D eigenvalue weighted by molar-refractivity contribution is 5.56. The number of non-ortho nitro benzene ring substituents is 1. The van der Waals surface area contributed by atoms with Crippen molar-refractivity contribution in [2.75, 3.05) is 38.8 Å². The molecule has 1 rings (SSSR count). The fraction of sp³-hybridized carbons (Fsp3) is 0.571. The van der Waals surface area contributed by atoms with E-state index < -0.39 is 4.92 Å². The molecule has 0 aliphatic heterocycles. The van der Waals surface area contributed by atoms with Crippen LogP contribution < -0.4 is 10.1 Å². The minimum atomic E-state index is -0.437. The summed E-state index contributed by atoms with van der Waals surface area (Å²) < 4.78 is 15.7. The predicted octanol–water partition coefficient (Wildman–Crippen LogP) is 2.46. The van der Waals surface area contributed by atoms with Gasteiger partial charge in [0.2, 0.25) is 0 Å². The molecule has 0 heterocycles. The monoisotopic (exact) mass is 298 g/mol. The minimum absolute atomic E-state index is 0.00375. The maximum atomic E-state index is 10.9. The summed E-state index contributed by atoms with van der Waals surface area (Å²) in [6, 6.07) is 4.63. The van der Waals surface area contributed by atoms with Crippen molar-refractivity contribution in [3.05, 3.63) is 28.3 Å². The Morgan fingerprint density at radius 3 is 2.62 bits per heavy atom. The first-order valence-corrected chi connectivity index (χ1v) is 6.79. The summed E-state index contributed by atoms with van der Waals surface area (Å²) in [7, 11) is 1.61. The van der Waals surface area contributed by atoms with Crippen molar-refractivity contribution in [1.29, 1.82) is 0 Å². The molecule has 0 amide bonds. The van der Waals surface area contributed by atoms with Crippen molar-refractivity contribution in [2.24, 2.45) is 0 Å². The van der Waals surface area contributed by atoms with Crippen molar-refractivity contribution in [3.63, 3.8) is 0 Å². The van der Waals surface area contributed by atoms with Gasteiger partial charge >= 0.3 is 0 Å². The number of hydrogen-bond donors (Lipinski definition) is 1. The lowest BCUT2D eigenvalue weighted by atomic mass is 10.2. The minimum Gasteiger partial charge on any atom is -0.491 e. The second kappa shape index (κ2) is 9.15. The maximum absolute atomic E-state index is 10.9. The molecule has 1 aromatic rings. The lowest BCUT2D eigenvalue weighted by Gasteiger charge is -2.12. The number of nitro groups is 1. The highest BCUT2D eigenvalue weighted by Crippen LogP contribution is 2.26. The molecule has 0 aromatic heterocycles. The van der Waals surface area contributed by atoms with Gasteiger partial charge in [-0.1, -0.05) is 0 Å². The van der Waals surface area contributed by atoms with Crippen LogP contribution in [0.25, 0.3) is 0 Å². The zero-order valence-electron chi connectivity index (χ0n) is 12.6. The van der Waals surface area contributed by atoms with Gasteiger partial charge in [0.1, 0.15) is 5.75 Å². The topological polar surface area (TPSA) is 82.9 Å². The van der Waals surface area contributed by atoms with Gasteiger partial charge in [0.15, 0.2) is 0 Å². The number of hydrogen-bond acceptors (Lipinski definition) is 6. The van der Waals surface area contributed by atoms with Crippen molar-refractivity contribution in [1.82, 2.24) is 0 Å². The molecule has 7 heteroatoms. The fourth-order valence-corrected chi connectivity index (χ4v) is 1.64. The standard InChI is InChI=1S/C14H22N2O5/c1-11(2)21-14-9-12(8-13(10-14)16(17)18)15-4-5-20-7-6-19-3/h8-11,15H,4-7H2,1-3H3. The molecule has 0 fully saturated rings. The van der Waals surface area contributed by atoms with Gasteiger partial charge in [-0.05, 0) is 13.8 Å². The largest absolute Gasteiger partial charge is 0.491 e. The number of anilines is 1. The van der Waals surface area contributed by atoms with E-state index in [4.69, 9.17) is 14.2 Å². The van der Waals surface area contributed by atoms with Gasteiger partial charge in [-0.25, -0.2) is 0 Å². The van der Waals surface area contributed by atoms with E-state index in [0.29, 0.717) is 37.8 Å². The van der Waals surface area contributed by atoms with Crippen molar-refractivity contribution >= 4 is 11.4 Å². The van der Waals surface area contributed by atoms with E-state index in [1.165, 1.54) is 12.1 Å². The third-order valence-corrected chi connectivity index (χ3v) is 2.48. The summed E-state index contributed by atoms with van der Waals surface area (Å²) in [6.45, 7) is 5.85. The van der Waals surface area contributed by atoms with Crippen molar-refractivity contribution in [3.8, 4) is 5.75 Å². The Morgan fingerprint density at radius 2 is 2.00 bits per heavy atom. The molecule has 0 aliphatic rings. The number of ether oxygens (including phenoxy) is 3. The zero-order valence-corrected chi connectivity index (χ0v) is 12.6. The maximum Gasteiger partial charge on any atom is 0.275 e. The quantitative estimate of drug-likeness (QED) is 0.406. The van der Waals surface area contributed by atoms with Crippen LogP contribution >= 0.6 is 0 Å². The van der Waals surface area contributed by atoms with Crippen LogP contribution in [0.1, 0.15) is 13.8 Å². The molecular formula is C14H22N2O5. The van der Waals surface area contributed by atoms with E-state index in [0.717, 1.165) is 0 Å². The summed E-state index contributed by atoms with van der Waals surface area (Å²) in [5.74, 6) is 0.474. The van der Waals surface area contributed by atoms with Crippen LogP contribution in [0.2, 0.25) is 0 Å². The first-order chi connectivity index (χ1) is 10.0. The van der Waals surface area contributed by atoms with Crippen molar-refractivity contribution in [2.45, 2.75) is 20.0 Å². The van der Waals surface area contributed by atoms with Gasteiger partial charge in [0.05, 0.1) is 36.9 Å². The molecule has 0 radical (unpaired) electrons. The molecule has 0 bridgehead atoms. The van der Waals surface area contributed by atoms with Crippen molar-refractivity contribution < 1.29 is 19.1 Å². The van der Waals surface area contributed by atoms with Crippen LogP contribution in [-0.4, -0.2) is 44.5 Å². The van der Waals surface area contributed by atoms with E-state index in [2.05, 4.69) is 5.32 Å². The first kappa shape index (κ1) is 17.2. The Labute approximate surface area is 124 Å². The molecule has 1 N–H and O–H groups in total. The van der Waals surface area contributed by atoms with E-state index in [9.17, 15) is 10.1 Å². The van der Waals surface area contributed by atoms with Crippen LogP contribution in [-0.2, 0) is 9.47 Å². The van der Waals surface area contributed by atoms with E-state index >= 15 is 0 Å². The molecule has 1 aromatic carbocycles. The molecule has 0 atom stereocenters. The average molecular weight is 298 g/mol. The Hall–Kier alpha value is -1.86. The van der Waals surface area contributed by atoms with Gasteiger partial charge in [0.25, 0.3) is 5.69 Å². The molecule has 21 heavy (non-hydrogen) atoms. The number of nitrogens with zero attached hydrogens (tertiary/aromatic N) is 1. The molecular weight excluding hydrogens is 276 g/mol. The van der Waals surface area contributed by atoms with Gasteiger partial charge in [-0.15, -0.1) is 0 Å². The lowest BCUT2D eigenvalue weighted by Crippen LogP contribution is -2.12. The molecule has 0 unspecified atom stereocenters. The van der Waals surface area contributed by atoms with Gasteiger partial charge in [-0.3, -0.25) is 10.1 Å². The third kappa shape index (κ3) is 6.92. The van der Waals surface area contributed by atoms with Gasteiger partial charge in [0, 0.05) is 31.5 Å². The zero-order chi connectivity index (χ0) is 15.7. The molecule has 0 saturated carbocycles. The van der Waals surface area contributed by atoms with E-state index in [-0.39, 0.29) is 11.8 Å². The number of nitrogens with one attached hydrogen (secondary N) is 1. The summed E-state index contributed by atoms with van der Waals surface area (Å²) in [4.78, 5) is 10.5. The summed E-state index contributed by atoms with van der Waals surface area (Å²) in [5.41, 5.74) is 0.631. The summed E-state index contributed by atoms with van der Waals surface area (Å²) in [6.07, 6.45) is -0.0442. The van der Waals surface area contributed by atoms with Crippen LogP contribution in [0.5, 0.6) is 5.75 Å². The number of rotatable bonds is 10. The molecule has 0 aliphatic carbocycles. The number of methoxy groups -OCH3 is 1. The Kier molecular flexibility index (Phi) is 7.49. The third-order valence-electron chi connectivity index (χ3n) is 2.48. The van der Waals surface area contributed by atoms with E-state index in [1.807, 2.05) is 13.8 Å². The Bertz CT molecular complexity index is 451. The van der Waals surface area contributed by atoms with Crippen LogP contribution in [0.4, 0.5) is 11.4 Å². The lowest BCUT2D eigenvalue weighted by molar-refractivity contribution is -0.384. The summed E-state index contributed by atoms with van der Waals surface area (Å²) >= 11 is 0. The first-order valence-electron chi connectivity index (χ1n) is 6.79. The summed E-state index contributed by atoms with van der Waals surface area (Å²) in [5, 5.41) is 14.0. The number of nitro benzene ring substituents is 1. The van der Waals surface area contributed by atoms with Crippen LogP contribution in [0.15, 0.2) is 18.2 Å². The second-order valence-corrected chi connectivity index (χ2v) is 4.67. The predicted molar refractivity (Wildman–Crippen MR) is 80.0 cm³/mol. The highest BCUT2D eigenvalue weighted by atomic mass is 16.6. The fourth-order valence-electron chi connectivity index (χ4n) is 1.64. The number of benzene rings is 1. The normalized spacial score (nSPS) is 10.7. The Morgan fingerprint density at radius 1 is 1.24 bits per heavy atom. The van der Waals surface area contributed by atoms with Crippen LogP contribution in [0.3, 0.4) is 0 Å². The van der Waals surface area contributed by atoms with Gasteiger partial charge < -0.3 is 19.5 Å².